The molecule has 0 radical (unpaired) electrons. The van der Waals surface area contributed by atoms with Crippen molar-refractivity contribution in [2.75, 3.05) is 5.43 Å². The third-order valence-corrected chi connectivity index (χ3v) is 3.29. The van der Waals surface area contributed by atoms with Gasteiger partial charge in [-0.2, -0.15) is 5.10 Å². The second-order valence-corrected chi connectivity index (χ2v) is 5.33. The maximum atomic E-state index is 4.38. The van der Waals surface area contributed by atoms with Gasteiger partial charge in [-0.15, -0.1) is 0 Å². The number of para-hydroxylation sites is 2. The van der Waals surface area contributed by atoms with Crippen LogP contribution >= 0.6 is 15.9 Å². The minimum absolute atomic E-state index is 0.618. The van der Waals surface area contributed by atoms with E-state index in [1.807, 2.05) is 60.7 Å². The molecule has 21 heavy (non-hydrogen) atoms. The zero-order valence-corrected chi connectivity index (χ0v) is 12.7. The molecule has 0 aliphatic carbocycles. The number of fused-ring (bicyclic) bond motifs is 1. The van der Waals surface area contributed by atoms with E-state index in [1.165, 1.54) is 0 Å². The third kappa shape index (κ3) is 3.58. The zero-order chi connectivity index (χ0) is 14.5. The number of nitrogens with one attached hydrogen (secondary N) is 2. The highest BCUT2D eigenvalue weighted by Gasteiger charge is 1.99. The number of hydrazone groups is 1. The van der Waals surface area contributed by atoms with Gasteiger partial charge >= 0.3 is 0 Å². The number of halogens is 1. The SMILES string of the molecule is BrC(=C\c1ccccc1)/C=N/Nc1nc2ccccc2[nH]1. The van der Waals surface area contributed by atoms with Crippen molar-refractivity contribution in [1.82, 2.24) is 9.97 Å². The summed E-state index contributed by atoms with van der Waals surface area (Å²) in [6.07, 6.45) is 3.68. The molecule has 104 valence electrons. The molecule has 2 N–H and O–H groups in total. The Hall–Kier alpha value is -2.40. The summed E-state index contributed by atoms with van der Waals surface area (Å²) in [7, 11) is 0. The summed E-state index contributed by atoms with van der Waals surface area (Å²) in [5.41, 5.74) is 5.89. The van der Waals surface area contributed by atoms with Crippen LogP contribution in [-0.4, -0.2) is 16.2 Å². The Bertz CT molecular complexity index is 757. The summed E-state index contributed by atoms with van der Waals surface area (Å²) < 4.78 is 0.873. The van der Waals surface area contributed by atoms with Crippen molar-refractivity contribution in [1.29, 1.82) is 0 Å². The van der Waals surface area contributed by atoms with Crippen LogP contribution in [0.5, 0.6) is 0 Å². The number of aromatic amines is 1. The Morgan fingerprint density at radius 3 is 2.67 bits per heavy atom. The smallest absolute Gasteiger partial charge is 0.222 e. The van der Waals surface area contributed by atoms with E-state index >= 15 is 0 Å². The van der Waals surface area contributed by atoms with E-state index in [0.29, 0.717) is 5.95 Å². The fraction of sp³-hybridized carbons (Fsp3) is 0. The summed E-state index contributed by atoms with van der Waals surface area (Å²) in [6.45, 7) is 0. The van der Waals surface area contributed by atoms with Crippen molar-refractivity contribution in [2.24, 2.45) is 5.10 Å². The van der Waals surface area contributed by atoms with Gasteiger partial charge in [-0.1, -0.05) is 42.5 Å². The van der Waals surface area contributed by atoms with Gasteiger partial charge in [0.05, 0.1) is 17.2 Å². The average Bonchev–Trinajstić information content (AvgIpc) is 2.91. The standard InChI is InChI=1S/C16H13BrN4/c17-13(10-12-6-2-1-3-7-12)11-18-21-16-19-14-8-4-5-9-15(14)20-16/h1-11H,(H2,19,20,21)/b13-10-,18-11+. The Morgan fingerprint density at radius 2 is 1.86 bits per heavy atom. The van der Waals surface area contributed by atoms with Gasteiger partial charge in [0.1, 0.15) is 0 Å². The molecule has 3 rings (SSSR count). The molecular weight excluding hydrogens is 328 g/mol. The van der Waals surface area contributed by atoms with Crippen molar-refractivity contribution < 1.29 is 0 Å². The van der Waals surface area contributed by atoms with Crippen LogP contribution in [0.3, 0.4) is 0 Å². The van der Waals surface area contributed by atoms with Crippen LogP contribution in [0.4, 0.5) is 5.95 Å². The van der Waals surface area contributed by atoms with Crippen molar-refractivity contribution in [3.8, 4) is 0 Å². The number of H-pyrrole nitrogens is 1. The van der Waals surface area contributed by atoms with Crippen LogP contribution < -0.4 is 5.43 Å². The fourth-order valence-electron chi connectivity index (χ4n) is 1.91. The van der Waals surface area contributed by atoms with Crippen molar-refractivity contribution in [2.45, 2.75) is 0 Å². The summed E-state index contributed by atoms with van der Waals surface area (Å²) in [5.74, 6) is 0.618. The molecule has 5 heteroatoms. The second-order valence-electron chi connectivity index (χ2n) is 4.41. The van der Waals surface area contributed by atoms with E-state index in [0.717, 1.165) is 21.1 Å². The van der Waals surface area contributed by atoms with E-state index in [9.17, 15) is 0 Å². The number of hydrogen-bond acceptors (Lipinski definition) is 3. The third-order valence-electron chi connectivity index (χ3n) is 2.85. The number of nitrogens with zero attached hydrogens (tertiary/aromatic N) is 2. The molecule has 0 saturated heterocycles. The van der Waals surface area contributed by atoms with E-state index in [4.69, 9.17) is 0 Å². The van der Waals surface area contributed by atoms with Gasteiger partial charge in [-0.3, -0.25) is 0 Å². The predicted octanol–water partition coefficient (Wildman–Crippen LogP) is 4.40. The first-order valence-corrected chi connectivity index (χ1v) is 7.27. The highest BCUT2D eigenvalue weighted by Crippen LogP contribution is 2.13. The van der Waals surface area contributed by atoms with Crippen molar-refractivity contribution in [3.05, 3.63) is 64.6 Å². The van der Waals surface area contributed by atoms with Crippen LogP contribution in [0.25, 0.3) is 17.1 Å². The molecule has 0 saturated carbocycles. The molecule has 0 amide bonds. The minimum Gasteiger partial charge on any atom is -0.323 e. The Morgan fingerprint density at radius 1 is 1.10 bits per heavy atom. The summed E-state index contributed by atoms with van der Waals surface area (Å²) >= 11 is 3.46. The van der Waals surface area contributed by atoms with Gasteiger partial charge in [0.25, 0.3) is 0 Å². The maximum absolute atomic E-state index is 4.38. The first-order valence-electron chi connectivity index (χ1n) is 6.47. The zero-order valence-electron chi connectivity index (χ0n) is 11.1. The minimum atomic E-state index is 0.618. The molecule has 0 aliphatic rings. The lowest BCUT2D eigenvalue weighted by Gasteiger charge is -1.94. The van der Waals surface area contributed by atoms with Crippen molar-refractivity contribution in [3.63, 3.8) is 0 Å². The van der Waals surface area contributed by atoms with Gasteiger partial charge in [-0.05, 0) is 39.7 Å². The molecule has 0 bridgehead atoms. The predicted molar refractivity (Wildman–Crippen MR) is 91.6 cm³/mol. The number of rotatable bonds is 4. The number of imidazole rings is 1. The first kappa shape index (κ1) is 13.6. The van der Waals surface area contributed by atoms with Crippen LogP contribution in [0.1, 0.15) is 5.56 Å². The van der Waals surface area contributed by atoms with Crippen LogP contribution in [0, 0.1) is 0 Å². The molecule has 1 aromatic heterocycles. The molecule has 3 aromatic rings. The number of anilines is 1. The first-order chi connectivity index (χ1) is 10.3. The highest BCUT2D eigenvalue weighted by atomic mass is 79.9. The molecule has 2 aromatic carbocycles. The van der Waals surface area contributed by atoms with Crippen LogP contribution in [0.15, 0.2) is 64.2 Å². The number of benzene rings is 2. The monoisotopic (exact) mass is 340 g/mol. The quantitative estimate of drug-likeness (QED) is 0.546. The average molecular weight is 341 g/mol. The lowest BCUT2D eigenvalue weighted by Crippen LogP contribution is -1.91. The van der Waals surface area contributed by atoms with Gasteiger partial charge in [0, 0.05) is 4.48 Å². The molecule has 0 unspecified atom stereocenters. The van der Waals surface area contributed by atoms with E-state index in [-0.39, 0.29) is 0 Å². The Labute approximate surface area is 130 Å². The van der Waals surface area contributed by atoms with Crippen LogP contribution in [-0.2, 0) is 0 Å². The molecule has 0 aliphatic heterocycles. The molecular formula is C16H13BrN4. The summed E-state index contributed by atoms with van der Waals surface area (Å²) in [5, 5.41) is 4.15. The van der Waals surface area contributed by atoms with Gasteiger partial charge < -0.3 is 4.98 Å². The normalized spacial score (nSPS) is 12.1. The topological polar surface area (TPSA) is 53.1 Å². The highest BCUT2D eigenvalue weighted by molar-refractivity contribution is 9.12. The number of allylic oxidation sites excluding steroid dienone is 1. The number of hydrogen-bond donors (Lipinski definition) is 2. The van der Waals surface area contributed by atoms with Gasteiger partial charge in [0.15, 0.2) is 0 Å². The Kier molecular flexibility index (Phi) is 4.12. The fourth-order valence-corrected chi connectivity index (χ4v) is 2.27. The lowest BCUT2D eigenvalue weighted by molar-refractivity contribution is 1.22. The largest absolute Gasteiger partial charge is 0.323 e. The molecule has 0 atom stereocenters. The van der Waals surface area contributed by atoms with E-state index in [1.54, 1.807) is 6.21 Å². The van der Waals surface area contributed by atoms with Gasteiger partial charge in [-0.25, -0.2) is 10.4 Å². The van der Waals surface area contributed by atoms with E-state index in [2.05, 4.69) is 36.4 Å². The Balaban J connectivity index is 1.67. The van der Waals surface area contributed by atoms with E-state index < -0.39 is 0 Å². The molecule has 0 spiro atoms. The lowest BCUT2D eigenvalue weighted by atomic mass is 10.2. The second kappa shape index (κ2) is 6.37. The van der Waals surface area contributed by atoms with Gasteiger partial charge in [0.2, 0.25) is 5.95 Å². The molecule has 1 heterocycles. The van der Waals surface area contributed by atoms with Crippen molar-refractivity contribution >= 4 is 45.2 Å². The summed E-state index contributed by atoms with van der Waals surface area (Å²) in [6, 6.07) is 17.9. The number of aromatic nitrogens is 2. The molecule has 4 nitrogen and oxygen atoms in total. The summed E-state index contributed by atoms with van der Waals surface area (Å²) in [4.78, 5) is 7.53. The maximum Gasteiger partial charge on any atom is 0.222 e. The molecule has 0 fully saturated rings. The van der Waals surface area contributed by atoms with Crippen LogP contribution in [0.2, 0.25) is 0 Å².